The summed E-state index contributed by atoms with van der Waals surface area (Å²) in [6.07, 6.45) is 1.68. The van der Waals surface area contributed by atoms with Crippen LogP contribution in [0.25, 0.3) is 0 Å². The topological polar surface area (TPSA) is 66.0 Å². The van der Waals surface area contributed by atoms with Crippen LogP contribution in [0.5, 0.6) is 0 Å². The van der Waals surface area contributed by atoms with Crippen LogP contribution in [0.1, 0.15) is 12.6 Å². The predicted octanol–water partition coefficient (Wildman–Crippen LogP) is 2.52. The van der Waals surface area contributed by atoms with E-state index in [1.165, 1.54) is 0 Å². The molecule has 0 aliphatic heterocycles. The van der Waals surface area contributed by atoms with E-state index in [4.69, 9.17) is 11.1 Å². The van der Waals surface area contributed by atoms with Gasteiger partial charge in [0.1, 0.15) is 11.5 Å². The molecule has 0 aliphatic rings. The number of hydrogen-bond donors (Lipinski definition) is 2. The molecule has 0 atom stereocenters. The van der Waals surface area contributed by atoms with Crippen molar-refractivity contribution >= 4 is 17.2 Å². The highest BCUT2D eigenvalue weighted by Gasteiger charge is 2.08. The van der Waals surface area contributed by atoms with Crippen molar-refractivity contribution in [2.45, 2.75) is 6.92 Å². The number of nitrogens with zero attached hydrogens (tertiary/aromatic N) is 2. The maximum Gasteiger partial charge on any atom is 0.141 e. The minimum absolute atomic E-state index is 0.0130. The minimum atomic E-state index is -0.0130. The smallest absolute Gasteiger partial charge is 0.141 e. The average molecular weight is 240 g/mol. The Morgan fingerprint density at radius 1 is 1.22 bits per heavy atom. The molecular formula is C14H16N4. The van der Waals surface area contributed by atoms with Gasteiger partial charge in [-0.05, 0) is 31.2 Å². The highest BCUT2D eigenvalue weighted by molar-refractivity contribution is 5.94. The lowest BCUT2D eigenvalue weighted by Gasteiger charge is -2.23. The fraction of sp³-hybridized carbons (Fsp3) is 0.143. The van der Waals surface area contributed by atoms with Gasteiger partial charge in [0.05, 0.1) is 0 Å². The Bertz CT molecular complexity index is 537. The van der Waals surface area contributed by atoms with Crippen LogP contribution in [0.4, 0.5) is 11.4 Å². The molecule has 2 rings (SSSR count). The van der Waals surface area contributed by atoms with E-state index < -0.39 is 0 Å². The molecule has 18 heavy (non-hydrogen) atoms. The standard InChI is InChI=1S/C14H16N4/c1-2-18(11-6-4-3-5-7-11)12-8-9-17-13(10-12)14(15)16/h3-10H,2H2,1H3,(H3,15,16). The molecule has 1 heterocycles. The SMILES string of the molecule is CCN(c1ccccc1)c1ccnc(C(=N)N)c1. The highest BCUT2D eigenvalue weighted by Crippen LogP contribution is 2.24. The average Bonchev–Trinajstić information content (AvgIpc) is 2.41. The number of pyridine rings is 1. The van der Waals surface area contributed by atoms with Crippen molar-refractivity contribution in [3.63, 3.8) is 0 Å². The first kappa shape index (κ1) is 12.1. The Morgan fingerprint density at radius 3 is 2.56 bits per heavy atom. The lowest BCUT2D eigenvalue weighted by Crippen LogP contribution is -2.18. The van der Waals surface area contributed by atoms with Gasteiger partial charge < -0.3 is 10.6 Å². The van der Waals surface area contributed by atoms with Gasteiger partial charge in [-0.3, -0.25) is 10.4 Å². The van der Waals surface area contributed by atoms with Crippen molar-refractivity contribution in [2.24, 2.45) is 5.73 Å². The first-order chi connectivity index (χ1) is 8.72. The number of anilines is 2. The molecule has 4 nitrogen and oxygen atoms in total. The second-order valence-electron chi connectivity index (χ2n) is 3.89. The molecule has 0 radical (unpaired) electrons. The Hall–Kier alpha value is -2.36. The monoisotopic (exact) mass is 240 g/mol. The van der Waals surface area contributed by atoms with Crippen molar-refractivity contribution < 1.29 is 0 Å². The molecule has 1 aromatic carbocycles. The van der Waals surface area contributed by atoms with Gasteiger partial charge in [-0.15, -0.1) is 0 Å². The number of hydrogen-bond acceptors (Lipinski definition) is 3. The van der Waals surface area contributed by atoms with Gasteiger partial charge in [0.25, 0.3) is 0 Å². The van der Waals surface area contributed by atoms with Gasteiger partial charge >= 0.3 is 0 Å². The summed E-state index contributed by atoms with van der Waals surface area (Å²) in [5, 5.41) is 7.43. The van der Waals surface area contributed by atoms with E-state index >= 15 is 0 Å². The summed E-state index contributed by atoms with van der Waals surface area (Å²) in [6.45, 7) is 2.92. The number of rotatable bonds is 4. The van der Waals surface area contributed by atoms with Crippen LogP contribution in [0.15, 0.2) is 48.7 Å². The lowest BCUT2D eigenvalue weighted by molar-refractivity contribution is 1.02. The molecule has 0 amide bonds. The van der Waals surface area contributed by atoms with Gasteiger partial charge in [-0.1, -0.05) is 18.2 Å². The molecule has 0 aliphatic carbocycles. The molecule has 0 spiro atoms. The van der Waals surface area contributed by atoms with Gasteiger partial charge in [0.2, 0.25) is 0 Å². The Morgan fingerprint density at radius 2 is 1.94 bits per heavy atom. The first-order valence-corrected chi connectivity index (χ1v) is 5.85. The van der Waals surface area contributed by atoms with Crippen molar-refractivity contribution in [1.82, 2.24) is 4.98 Å². The van der Waals surface area contributed by atoms with E-state index in [-0.39, 0.29) is 5.84 Å². The van der Waals surface area contributed by atoms with Crippen molar-refractivity contribution in [3.05, 3.63) is 54.4 Å². The normalized spacial score (nSPS) is 10.1. The van der Waals surface area contributed by atoms with Crippen LogP contribution in [-0.4, -0.2) is 17.4 Å². The number of benzene rings is 1. The molecule has 2 aromatic rings. The fourth-order valence-electron chi connectivity index (χ4n) is 1.86. The number of para-hydroxylation sites is 1. The Kier molecular flexibility index (Phi) is 3.57. The molecule has 92 valence electrons. The van der Waals surface area contributed by atoms with E-state index in [0.717, 1.165) is 17.9 Å². The number of nitrogen functional groups attached to an aromatic ring is 1. The predicted molar refractivity (Wildman–Crippen MR) is 74.4 cm³/mol. The van der Waals surface area contributed by atoms with E-state index in [1.807, 2.05) is 30.3 Å². The summed E-state index contributed by atoms with van der Waals surface area (Å²) in [5.74, 6) is -0.0130. The number of amidine groups is 1. The molecule has 4 heteroatoms. The summed E-state index contributed by atoms with van der Waals surface area (Å²) in [7, 11) is 0. The zero-order valence-corrected chi connectivity index (χ0v) is 10.3. The zero-order valence-electron chi connectivity index (χ0n) is 10.3. The molecular weight excluding hydrogens is 224 g/mol. The second-order valence-corrected chi connectivity index (χ2v) is 3.89. The van der Waals surface area contributed by atoms with E-state index in [2.05, 4.69) is 28.9 Å². The summed E-state index contributed by atoms with van der Waals surface area (Å²) in [6, 6.07) is 13.9. The molecule has 0 saturated carbocycles. The van der Waals surface area contributed by atoms with Crippen LogP contribution in [0, 0.1) is 5.41 Å². The third-order valence-electron chi connectivity index (χ3n) is 2.72. The minimum Gasteiger partial charge on any atom is -0.382 e. The molecule has 1 aromatic heterocycles. The molecule has 3 N–H and O–H groups in total. The number of nitrogens with two attached hydrogens (primary N) is 1. The van der Waals surface area contributed by atoms with Crippen LogP contribution < -0.4 is 10.6 Å². The molecule has 0 saturated heterocycles. The lowest BCUT2D eigenvalue weighted by atomic mass is 10.2. The summed E-state index contributed by atoms with van der Waals surface area (Å²) in [4.78, 5) is 6.22. The third kappa shape index (κ3) is 2.48. The van der Waals surface area contributed by atoms with E-state index in [1.54, 1.807) is 6.20 Å². The number of nitrogens with one attached hydrogen (secondary N) is 1. The maximum absolute atomic E-state index is 7.43. The van der Waals surface area contributed by atoms with Crippen molar-refractivity contribution in [3.8, 4) is 0 Å². The van der Waals surface area contributed by atoms with Crippen LogP contribution in [0.2, 0.25) is 0 Å². The van der Waals surface area contributed by atoms with Gasteiger partial charge in [0, 0.05) is 24.1 Å². The quantitative estimate of drug-likeness (QED) is 0.637. The maximum atomic E-state index is 7.43. The van der Waals surface area contributed by atoms with Gasteiger partial charge in [-0.2, -0.15) is 0 Å². The van der Waals surface area contributed by atoms with Crippen LogP contribution >= 0.6 is 0 Å². The van der Waals surface area contributed by atoms with Crippen LogP contribution in [0.3, 0.4) is 0 Å². The Labute approximate surface area is 107 Å². The molecule has 0 unspecified atom stereocenters. The second kappa shape index (κ2) is 5.31. The molecule has 0 fully saturated rings. The van der Waals surface area contributed by atoms with Crippen molar-refractivity contribution in [2.75, 3.05) is 11.4 Å². The Balaban J connectivity index is 2.39. The zero-order chi connectivity index (χ0) is 13.0. The highest BCUT2D eigenvalue weighted by atomic mass is 15.1. The summed E-state index contributed by atoms with van der Waals surface area (Å²) < 4.78 is 0. The number of aromatic nitrogens is 1. The van der Waals surface area contributed by atoms with Gasteiger partial charge in [0.15, 0.2) is 0 Å². The van der Waals surface area contributed by atoms with E-state index in [0.29, 0.717) is 5.69 Å². The van der Waals surface area contributed by atoms with E-state index in [9.17, 15) is 0 Å². The van der Waals surface area contributed by atoms with Gasteiger partial charge in [-0.25, -0.2) is 0 Å². The third-order valence-corrected chi connectivity index (χ3v) is 2.72. The van der Waals surface area contributed by atoms with Crippen LogP contribution in [-0.2, 0) is 0 Å². The summed E-state index contributed by atoms with van der Waals surface area (Å²) in [5.41, 5.74) is 8.07. The first-order valence-electron chi connectivity index (χ1n) is 5.85. The largest absolute Gasteiger partial charge is 0.382 e. The fourth-order valence-corrected chi connectivity index (χ4v) is 1.86. The van der Waals surface area contributed by atoms with Crippen molar-refractivity contribution in [1.29, 1.82) is 5.41 Å². The molecule has 0 bridgehead atoms. The summed E-state index contributed by atoms with van der Waals surface area (Å²) >= 11 is 0.